The molecule has 1 amide bonds. The Bertz CT molecular complexity index is 1020. The first-order chi connectivity index (χ1) is 12.7. The van der Waals surface area contributed by atoms with Crippen molar-refractivity contribution in [1.29, 1.82) is 0 Å². The largest absolute Gasteiger partial charge is 0.324 e. The SMILES string of the molecule is Cc1nc(NC(=O)c2ccc(-n3cccc3)cc2)sc1-c1cccnc1. The number of nitrogens with one attached hydrogen (secondary N) is 1. The van der Waals surface area contributed by atoms with Crippen molar-refractivity contribution >= 4 is 22.4 Å². The summed E-state index contributed by atoms with van der Waals surface area (Å²) < 4.78 is 1.99. The van der Waals surface area contributed by atoms with Gasteiger partial charge in [-0.1, -0.05) is 17.4 Å². The van der Waals surface area contributed by atoms with Gasteiger partial charge in [0.2, 0.25) is 0 Å². The Morgan fingerprint density at radius 1 is 1.08 bits per heavy atom. The van der Waals surface area contributed by atoms with Gasteiger partial charge in [-0.15, -0.1) is 0 Å². The zero-order chi connectivity index (χ0) is 17.9. The average Bonchev–Trinajstić information content (AvgIpc) is 3.32. The number of carbonyl (C=O) groups is 1. The highest BCUT2D eigenvalue weighted by Crippen LogP contribution is 2.32. The molecule has 1 aromatic carbocycles. The van der Waals surface area contributed by atoms with E-state index in [4.69, 9.17) is 0 Å². The normalized spacial score (nSPS) is 10.7. The molecule has 0 aliphatic heterocycles. The molecule has 3 heterocycles. The van der Waals surface area contributed by atoms with E-state index in [-0.39, 0.29) is 5.91 Å². The smallest absolute Gasteiger partial charge is 0.257 e. The molecule has 0 fully saturated rings. The van der Waals surface area contributed by atoms with Crippen LogP contribution in [0.5, 0.6) is 0 Å². The number of aryl methyl sites for hydroxylation is 1. The maximum atomic E-state index is 12.5. The van der Waals surface area contributed by atoms with Crippen LogP contribution in [-0.4, -0.2) is 20.4 Å². The van der Waals surface area contributed by atoms with E-state index in [1.807, 2.05) is 72.4 Å². The van der Waals surface area contributed by atoms with Crippen LogP contribution in [0.4, 0.5) is 5.13 Å². The molecule has 0 saturated heterocycles. The zero-order valence-electron chi connectivity index (χ0n) is 14.1. The minimum atomic E-state index is -0.171. The molecule has 0 saturated carbocycles. The highest BCUT2D eigenvalue weighted by atomic mass is 32.1. The summed E-state index contributed by atoms with van der Waals surface area (Å²) in [5, 5.41) is 3.47. The lowest BCUT2D eigenvalue weighted by Gasteiger charge is -2.05. The van der Waals surface area contributed by atoms with Crippen LogP contribution in [0.3, 0.4) is 0 Å². The third kappa shape index (κ3) is 3.27. The maximum absolute atomic E-state index is 12.5. The van der Waals surface area contributed by atoms with Crippen LogP contribution in [0.2, 0.25) is 0 Å². The van der Waals surface area contributed by atoms with Crippen LogP contribution < -0.4 is 5.32 Å². The number of hydrogen-bond donors (Lipinski definition) is 1. The number of amides is 1. The van der Waals surface area contributed by atoms with Gasteiger partial charge in [-0.2, -0.15) is 0 Å². The van der Waals surface area contributed by atoms with Gasteiger partial charge in [-0.3, -0.25) is 15.1 Å². The van der Waals surface area contributed by atoms with Gasteiger partial charge in [0.15, 0.2) is 5.13 Å². The van der Waals surface area contributed by atoms with Crippen molar-refractivity contribution in [3.05, 3.63) is 84.6 Å². The number of rotatable bonds is 4. The summed E-state index contributed by atoms with van der Waals surface area (Å²) in [7, 11) is 0. The lowest BCUT2D eigenvalue weighted by molar-refractivity contribution is 0.102. The predicted octanol–water partition coefficient (Wildman–Crippen LogP) is 4.56. The first-order valence-electron chi connectivity index (χ1n) is 8.13. The molecule has 4 aromatic rings. The maximum Gasteiger partial charge on any atom is 0.257 e. The van der Waals surface area contributed by atoms with Gasteiger partial charge in [-0.25, -0.2) is 4.98 Å². The number of benzene rings is 1. The van der Waals surface area contributed by atoms with Crippen molar-refractivity contribution in [1.82, 2.24) is 14.5 Å². The van der Waals surface area contributed by atoms with E-state index >= 15 is 0 Å². The lowest BCUT2D eigenvalue weighted by Crippen LogP contribution is -2.11. The monoisotopic (exact) mass is 360 g/mol. The van der Waals surface area contributed by atoms with Crippen molar-refractivity contribution in [2.24, 2.45) is 0 Å². The summed E-state index contributed by atoms with van der Waals surface area (Å²) >= 11 is 1.45. The number of aromatic nitrogens is 3. The molecular weight excluding hydrogens is 344 g/mol. The number of thiazole rings is 1. The topological polar surface area (TPSA) is 59.8 Å². The Hall–Kier alpha value is -3.25. The van der Waals surface area contributed by atoms with E-state index in [2.05, 4.69) is 15.3 Å². The van der Waals surface area contributed by atoms with Crippen LogP contribution in [-0.2, 0) is 0 Å². The fourth-order valence-corrected chi connectivity index (χ4v) is 3.63. The molecule has 0 aliphatic carbocycles. The number of carbonyl (C=O) groups excluding carboxylic acids is 1. The van der Waals surface area contributed by atoms with Crippen LogP contribution in [0, 0.1) is 6.92 Å². The third-order valence-corrected chi connectivity index (χ3v) is 5.09. The Kier molecular flexibility index (Phi) is 4.33. The summed E-state index contributed by atoms with van der Waals surface area (Å²) in [6.45, 7) is 1.93. The molecule has 0 spiro atoms. The summed E-state index contributed by atoms with van der Waals surface area (Å²) in [4.78, 5) is 22.1. The van der Waals surface area contributed by atoms with Gasteiger partial charge in [0.1, 0.15) is 0 Å². The highest BCUT2D eigenvalue weighted by Gasteiger charge is 2.13. The standard InChI is InChI=1S/C20H16N4OS/c1-14-18(16-5-4-10-21-13-16)26-20(22-14)23-19(25)15-6-8-17(9-7-15)24-11-2-3-12-24/h2-13H,1H3,(H,22,23,25). The Morgan fingerprint density at radius 3 is 2.54 bits per heavy atom. The predicted molar refractivity (Wildman–Crippen MR) is 104 cm³/mol. The average molecular weight is 360 g/mol. The van der Waals surface area contributed by atoms with Crippen LogP contribution >= 0.6 is 11.3 Å². The van der Waals surface area contributed by atoms with Gasteiger partial charge in [-0.05, 0) is 49.4 Å². The van der Waals surface area contributed by atoms with Crippen molar-refractivity contribution in [2.75, 3.05) is 5.32 Å². The number of hydrogen-bond acceptors (Lipinski definition) is 4. The molecule has 4 rings (SSSR count). The summed E-state index contributed by atoms with van der Waals surface area (Å²) in [5.74, 6) is -0.171. The van der Waals surface area contributed by atoms with Gasteiger partial charge >= 0.3 is 0 Å². The van der Waals surface area contributed by atoms with E-state index in [1.165, 1.54) is 11.3 Å². The first kappa shape index (κ1) is 16.2. The van der Waals surface area contributed by atoms with Gasteiger partial charge < -0.3 is 4.57 Å². The van der Waals surface area contributed by atoms with E-state index in [0.717, 1.165) is 21.8 Å². The van der Waals surface area contributed by atoms with Crippen molar-refractivity contribution in [3.8, 4) is 16.1 Å². The Morgan fingerprint density at radius 2 is 1.85 bits per heavy atom. The molecule has 0 bridgehead atoms. The van der Waals surface area contributed by atoms with Crippen LogP contribution in [0.1, 0.15) is 16.1 Å². The molecule has 26 heavy (non-hydrogen) atoms. The molecule has 0 aliphatic rings. The second kappa shape index (κ2) is 6.93. The van der Waals surface area contributed by atoms with Crippen molar-refractivity contribution in [3.63, 3.8) is 0 Å². The zero-order valence-corrected chi connectivity index (χ0v) is 14.9. The number of pyridine rings is 1. The number of anilines is 1. The van der Waals surface area contributed by atoms with Gasteiger partial charge in [0.25, 0.3) is 5.91 Å². The lowest BCUT2D eigenvalue weighted by atomic mass is 10.2. The first-order valence-corrected chi connectivity index (χ1v) is 8.95. The molecular formula is C20H16N4OS. The van der Waals surface area contributed by atoms with E-state index in [0.29, 0.717) is 10.7 Å². The van der Waals surface area contributed by atoms with E-state index in [9.17, 15) is 4.79 Å². The molecule has 128 valence electrons. The van der Waals surface area contributed by atoms with Crippen LogP contribution in [0.15, 0.2) is 73.3 Å². The molecule has 0 unspecified atom stereocenters. The fraction of sp³-hybridized carbons (Fsp3) is 0.0500. The van der Waals surface area contributed by atoms with Crippen LogP contribution in [0.25, 0.3) is 16.1 Å². The van der Waals surface area contributed by atoms with E-state index in [1.54, 1.807) is 12.4 Å². The van der Waals surface area contributed by atoms with Crippen molar-refractivity contribution in [2.45, 2.75) is 6.92 Å². The molecule has 5 nitrogen and oxygen atoms in total. The summed E-state index contributed by atoms with van der Waals surface area (Å²) in [5.41, 5.74) is 3.48. The highest BCUT2D eigenvalue weighted by molar-refractivity contribution is 7.19. The number of nitrogens with zero attached hydrogens (tertiary/aromatic N) is 3. The second-order valence-corrected chi connectivity index (χ2v) is 6.77. The minimum absolute atomic E-state index is 0.171. The van der Waals surface area contributed by atoms with Gasteiger partial charge in [0.05, 0.1) is 10.6 Å². The second-order valence-electron chi connectivity index (χ2n) is 5.77. The third-order valence-electron chi connectivity index (χ3n) is 3.97. The molecule has 6 heteroatoms. The summed E-state index contributed by atoms with van der Waals surface area (Å²) in [6, 6.07) is 15.3. The van der Waals surface area contributed by atoms with Gasteiger partial charge in [0, 0.05) is 41.6 Å². The molecule has 0 atom stereocenters. The van der Waals surface area contributed by atoms with E-state index < -0.39 is 0 Å². The quantitative estimate of drug-likeness (QED) is 0.580. The van der Waals surface area contributed by atoms with Crippen molar-refractivity contribution < 1.29 is 4.79 Å². The molecule has 1 N–H and O–H groups in total. The fourth-order valence-electron chi connectivity index (χ4n) is 2.68. The molecule has 3 aromatic heterocycles. The summed E-state index contributed by atoms with van der Waals surface area (Å²) in [6.07, 6.45) is 7.47. The Labute approximate surface area is 155 Å². The Balaban J connectivity index is 1.52. The molecule has 0 radical (unpaired) electrons. The minimum Gasteiger partial charge on any atom is -0.324 e.